The summed E-state index contributed by atoms with van der Waals surface area (Å²) < 4.78 is 0. The number of nitrogens with zero attached hydrogens (tertiary/aromatic N) is 1. The molecule has 17 heavy (non-hydrogen) atoms. The van der Waals surface area contributed by atoms with E-state index in [0.29, 0.717) is 18.7 Å². The summed E-state index contributed by atoms with van der Waals surface area (Å²) in [6, 6.07) is 3.28. The standard InChI is InChI=1S/C12H17N3O2/c1-9(2)11(16)14-7-8-15-12(17)10-3-5-13-6-4-10/h3-6,9H,7-8H2,1-2H3,(H,14,16)(H,15,17). The van der Waals surface area contributed by atoms with Crippen LogP contribution in [0.1, 0.15) is 24.2 Å². The van der Waals surface area contributed by atoms with E-state index in [1.54, 1.807) is 24.5 Å². The molecule has 0 spiro atoms. The van der Waals surface area contributed by atoms with Crippen molar-refractivity contribution in [3.05, 3.63) is 30.1 Å². The molecule has 0 unspecified atom stereocenters. The minimum atomic E-state index is -0.161. The second-order valence-electron chi connectivity index (χ2n) is 3.94. The molecule has 1 heterocycles. The molecule has 0 aromatic carbocycles. The van der Waals surface area contributed by atoms with Crippen LogP contribution in [0.15, 0.2) is 24.5 Å². The minimum Gasteiger partial charge on any atom is -0.354 e. The zero-order valence-corrected chi connectivity index (χ0v) is 10.1. The maximum atomic E-state index is 11.6. The Balaban J connectivity index is 2.24. The van der Waals surface area contributed by atoms with Crippen LogP contribution in [0.4, 0.5) is 0 Å². The molecule has 2 amide bonds. The van der Waals surface area contributed by atoms with Crippen molar-refractivity contribution in [1.82, 2.24) is 15.6 Å². The summed E-state index contributed by atoms with van der Waals surface area (Å²) in [7, 11) is 0. The van der Waals surface area contributed by atoms with E-state index in [-0.39, 0.29) is 17.7 Å². The maximum Gasteiger partial charge on any atom is 0.251 e. The molecule has 1 rings (SSSR count). The number of carbonyl (C=O) groups excluding carboxylic acids is 2. The topological polar surface area (TPSA) is 71.1 Å². The van der Waals surface area contributed by atoms with Crippen LogP contribution in [0.2, 0.25) is 0 Å². The molecule has 2 N–H and O–H groups in total. The summed E-state index contributed by atoms with van der Waals surface area (Å²) in [5.74, 6) is -0.208. The highest BCUT2D eigenvalue weighted by molar-refractivity contribution is 5.93. The average Bonchev–Trinajstić information content (AvgIpc) is 2.35. The highest BCUT2D eigenvalue weighted by Crippen LogP contribution is 1.94. The fourth-order valence-corrected chi connectivity index (χ4v) is 1.17. The van der Waals surface area contributed by atoms with E-state index in [1.807, 2.05) is 13.8 Å². The zero-order chi connectivity index (χ0) is 12.7. The lowest BCUT2D eigenvalue weighted by molar-refractivity contribution is -0.123. The fourth-order valence-electron chi connectivity index (χ4n) is 1.17. The van der Waals surface area contributed by atoms with Crippen molar-refractivity contribution in [3.63, 3.8) is 0 Å². The van der Waals surface area contributed by atoms with Gasteiger partial charge < -0.3 is 10.6 Å². The number of amides is 2. The third kappa shape index (κ3) is 4.63. The Morgan fingerprint density at radius 2 is 1.76 bits per heavy atom. The predicted octanol–water partition coefficient (Wildman–Crippen LogP) is 0.584. The van der Waals surface area contributed by atoms with Crippen LogP contribution in [-0.2, 0) is 4.79 Å². The van der Waals surface area contributed by atoms with Crippen molar-refractivity contribution in [3.8, 4) is 0 Å². The second-order valence-corrected chi connectivity index (χ2v) is 3.94. The molecular weight excluding hydrogens is 218 g/mol. The number of nitrogens with one attached hydrogen (secondary N) is 2. The highest BCUT2D eigenvalue weighted by atomic mass is 16.2. The first-order valence-corrected chi connectivity index (χ1v) is 5.57. The summed E-state index contributed by atoms with van der Waals surface area (Å²) in [6.45, 7) is 4.50. The van der Waals surface area contributed by atoms with E-state index in [2.05, 4.69) is 15.6 Å². The average molecular weight is 235 g/mol. The highest BCUT2D eigenvalue weighted by Gasteiger charge is 2.06. The molecule has 0 fully saturated rings. The van der Waals surface area contributed by atoms with Gasteiger partial charge in [0.05, 0.1) is 0 Å². The number of carbonyl (C=O) groups is 2. The largest absolute Gasteiger partial charge is 0.354 e. The number of pyridine rings is 1. The summed E-state index contributed by atoms with van der Waals surface area (Å²) in [5, 5.41) is 5.43. The fraction of sp³-hybridized carbons (Fsp3) is 0.417. The molecule has 92 valence electrons. The Kier molecular flexibility index (Phi) is 5.13. The first-order valence-electron chi connectivity index (χ1n) is 5.57. The van der Waals surface area contributed by atoms with E-state index < -0.39 is 0 Å². The Bertz CT molecular complexity index is 377. The number of rotatable bonds is 5. The smallest absolute Gasteiger partial charge is 0.251 e. The number of hydrogen-bond donors (Lipinski definition) is 2. The number of aromatic nitrogens is 1. The normalized spacial score (nSPS) is 10.1. The van der Waals surface area contributed by atoms with Crippen LogP contribution in [0.3, 0.4) is 0 Å². The SMILES string of the molecule is CC(C)C(=O)NCCNC(=O)c1ccncc1. The third-order valence-corrected chi connectivity index (χ3v) is 2.18. The maximum absolute atomic E-state index is 11.6. The quantitative estimate of drug-likeness (QED) is 0.733. The van der Waals surface area contributed by atoms with Gasteiger partial charge in [-0.2, -0.15) is 0 Å². The lowest BCUT2D eigenvalue weighted by Gasteiger charge is -2.08. The van der Waals surface area contributed by atoms with Crippen LogP contribution < -0.4 is 10.6 Å². The Morgan fingerprint density at radius 1 is 1.18 bits per heavy atom. The molecule has 0 aliphatic heterocycles. The van der Waals surface area contributed by atoms with Gasteiger partial charge in [0.2, 0.25) is 5.91 Å². The van der Waals surface area contributed by atoms with Crippen LogP contribution in [0, 0.1) is 5.92 Å². The summed E-state index contributed by atoms with van der Waals surface area (Å²) >= 11 is 0. The van der Waals surface area contributed by atoms with Crippen molar-refractivity contribution < 1.29 is 9.59 Å². The van der Waals surface area contributed by atoms with Crippen molar-refractivity contribution >= 4 is 11.8 Å². The van der Waals surface area contributed by atoms with Crippen molar-refractivity contribution in [2.75, 3.05) is 13.1 Å². The first kappa shape index (κ1) is 13.2. The van der Waals surface area contributed by atoms with Crippen LogP contribution in [-0.4, -0.2) is 29.9 Å². The van der Waals surface area contributed by atoms with E-state index in [9.17, 15) is 9.59 Å². The van der Waals surface area contributed by atoms with Gasteiger partial charge in [0, 0.05) is 37.0 Å². The molecule has 5 heteroatoms. The molecule has 0 radical (unpaired) electrons. The monoisotopic (exact) mass is 235 g/mol. The third-order valence-electron chi connectivity index (χ3n) is 2.18. The molecule has 0 atom stereocenters. The second kappa shape index (κ2) is 6.62. The van der Waals surface area contributed by atoms with Gasteiger partial charge in [-0.05, 0) is 12.1 Å². The van der Waals surface area contributed by atoms with E-state index in [1.165, 1.54) is 0 Å². The number of hydrogen-bond acceptors (Lipinski definition) is 3. The van der Waals surface area contributed by atoms with Gasteiger partial charge in [0.25, 0.3) is 5.91 Å². The van der Waals surface area contributed by atoms with Gasteiger partial charge in [-0.15, -0.1) is 0 Å². The van der Waals surface area contributed by atoms with Gasteiger partial charge in [-0.25, -0.2) is 0 Å². The molecule has 1 aromatic heterocycles. The Morgan fingerprint density at radius 3 is 2.35 bits per heavy atom. The lowest BCUT2D eigenvalue weighted by Crippen LogP contribution is -2.36. The van der Waals surface area contributed by atoms with E-state index >= 15 is 0 Å². The molecule has 5 nitrogen and oxygen atoms in total. The zero-order valence-electron chi connectivity index (χ0n) is 10.1. The van der Waals surface area contributed by atoms with Gasteiger partial charge >= 0.3 is 0 Å². The van der Waals surface area contributed by atoms with Crippen molar-refractivity contribution in [2.45, 2.75) is 13.8 Å². The van der Waals surface area contributed by atoms with Gasteiger partial charge in [-0.1, -0.05) is 13.8 Å². The predicted molar refractivity (Wildman–Crippen MR) is 64.4 cm³/mol. The molecular formula is C12H17N3O2. The molecule has 0 aliphatic rings. The van der Waals surface area contributed by atoms with E-state index in [0.717, 1.165) is 0 Å². The molecule has 0 bridgehead atoms. The Labute approximate surface area is 101 Å². The molecule has 0 saturated heterocycles. The van der Waals surface area contributed by atoms with Crippen LogP contribution in [0.25, 0.3) is 0 Å². The van der Waals surface area contributed by atoms with Gasteiger partial charge in [0.15, 0.2) is 0 Å². The van der Waals surface area contributed by atoms with Crippen LogP contribution >= 0.6 is 0 Å². The molecule has 1 aromatic rings. The van der Waals surface area contributed by atoms with E-state index in [4.69, 9.17) is 0 Å². The van der Waals surface area contributed by atoms with Gasteiger partial charge in [-0.3, -0.25) is 14.6 Å². The minimum absolute atomic E-state index is 0.0110. The van der Waals surface area contributed by atoms with Gasteiger partial charge in [0.1, 0.15) is 0 Å². The molecule has 0 aliphatic carbocycles. The lowest BCUT2D eigenvalue weighted by atomic mass is 10.2. The summed E-state index contributed by atoms with van der Waals surface area (Å²) in [6.07, 6.45) is 3.13. The van der Waals surface area contributed by atoms with Crippen molar-refractivity contribution in [2.24, 2.45) is 5.92 Å². The first-order chi connectivity index (χ1) is 8.11. The van der Waals surface area contributed by atoms with Crippen molar-refractivity contribution in [1.29, 1.82) is 0 Å². The Hall–Kier alpha value is -1.91. The van der Waals surface area contributed by atoms with Crippen LogP contribution in [0.5, 0.6) is 0 Å². The summed E-state index contributed by atoms with van der Waals surface area (Å²) in [5.41, 5.74) is 0.565. The summed E-state index contributed by atoms with van der Waals surface area (Å²) in [4.78, 5) is 26.6. The molecule has 0 saturated carbocycles.